The van der Waals surface area contributed by atoms with Crippen molar-refractivity contribution in [1.82, 2.24) is 20.2 Å². The molecule has 0 spiro atoms. The topological polar surface area (TPSA) is 80.9 Å². The Bertz CT molecular complexity index is 505. The van der Waals surface area contributed by atoms with Crippen LogP contribution in [0.2, 0.25) is 0 Å². The average Bonchev–Trinajstić information content (AvgIpc) is 3.12. The zero-order valence-electron chi connectivity index (χ0n) is 12.4. The van der Waals surface area contributed by atoms with Crippen molar-refractivity contribution in [2.45, 2.75) is 57.2 Å². The predicted octanol–water partition coefficient (Wildman–Crippen LogP) is 2.52. The standard InChI is InChI=1S/C14H22N4O2S/c1-10-4-6-14(7-5-10,13(19)20)9-18-12(15-16-17-18)11-3-2-8-21-11/h10-11H,2-9H2,1H3,(H,19,20). The summed E-state index contributed by atoms with van der Waals surface area (Å²) in [6.45, 7) is 2.61. The Kier molecular flexibility index (Phi) is 4.19. The SMILES string of the molecule is CC1CCC(Cn2nnnc2C2CCCS2)(C(=O)O)CC1. The van der Waals surface area contributed by atoms with E-state index in [1.807, 2.05) is 11.8 Å². The van der Waals surface area contributed by atoms with Gasteiger partial charge in [-0.3, -0.25) is 4.79 Å². The van der Waals surface area contributed by atoms with Crippen molar-refractivity contribution in [3.8, 4) is 0 Å². The summed E-state index contributed by atoms with van der Waals surface area (Å²) in [7, 11) is 0. The van der Waals surface area contributed by atoms with Gasteiger partial charge >= 0.3 is 5.97 Å². The monoisotopic (exact) mass is 310 g/mol. The number of carboxylic acid groups (broad SMARTS) is 1. The van der Waals surface area contributed by atoms with Crippen molar-refractivity contribution in [3.05, 3.63) is 5.82 Å². The van der Waals surface area contributed by atoms with Crippen LogP contribution in [-0.4, -0.2) is 37.0 Å². The number of aliphatic carboxylic acids is 1. The van der Waals surface area contributed by atoms with Gasteiger partial charge in [0.15, 0.2) is 5.82 Å². The number of aromatic nitrogens is 4. The van der Waals surface area contributed by atoms with Gasteiger partial charge in [0, 0.05) is 0 Å². The lowest BCUT2D eigenvalue weighted by atomic mass is 9.71. The molecule has 0 bridgehead atoms. The second-order valence-electron chi connectivity index (χ2n) is 6.46. The molecule has 1 N–H and O–H groups in total. The molecule has 0 amide bonds. The van der Waals surface area contributed by atoms with Crippen LogP contribution in [0.5, 0.6) is 0 Å². The van der Waals surface area contributed by atoms with Crippen LogP contribution in [-0.2, 0) is 11.3 Å². The maximum absolute atomic E-state index is 11.9. The van der Waals surface area contributed by atoms with Crippen LogP contribution in [0.3, 0.4) is 0 Å². The summed E-state index contributed by atoms with van der Waals surface area (Å²) < 4.78 is 1.76. The summed E-state index contributed by atoms with van der Waals surface area (Å²) in [4.78, 5) is 11.9. The maximum atomic E-state index is 11.9. The van der Waals surface area contributed by atoms with Crippen LogP contribution in [0.4, 0.5) is 0 Å². The molecule has 1 aliphatic heterocycles. The van der Waals surface area contributed by atoms with Gasteiger partial charge in [-0.05, 0) is 60.6 Å². The van der Waals surface area contributed by atoms with E-state index in [-0.39, 0.29) is 0 Å². The fraction of sp³-hybridized carbons (Fsp3) is 0.857. The Morgan fingerprint density at radius 1 is 1.43 bits per heavy atom. The minimum absolute atomic E-state index is 0.327. The molecule has 1 saturated heterocycles. The van der Waals surface area contributed by atoms with Crippen LogP contribution in [0.25, 0.3) is 0 Å². The highest BCUT2D eigenvalue weighted by Gasteiger charge is 2.42. The fourth-order valence-electron chi connectivity index (χ4n) is 3.38. The lowest BCUT2D eigenvalue weighted by Crippen LogP contribution is -2.39. The molecule has 1 aromatic rings. The molecule has 1 saturated carbocycles. The molecule has 21 heavy (non-hydrogen) atoms. The van der Waals surface area contributed by atoms with E-state index in [4.69, 9.17) is 0 Å². The van der Waals surface area contributed by atoms with E-state index >= 15 is 0 Å². The van der Waals surface area contributed by atoms with Gasteiger partial charge in [-0.2, -0.15) is 11.8 Å². The third kappa shape index (κ3) is 2.93. The molecule has 2 fully saturated rings. The van der Waals surface area contributed by atoms with E-state index in [0.29, 0.717) is 17.7 Å². The molecule has 0 aromatic carbocycles. The first-order chi connectivity index (χ1) is 10.1. The maximum Gasteiger partial charge on any atom is 0.311 e. The summed E-state index contributed by atoms with van der Waals surface area (Å²) in [5.41, 5.74) is -0.695. The van der Waals surface area contributed by atoms with E-state index < -0.39 is 11.4 Å². The number of hydrogen-bond acceptors (Lipinski definition) is 5. The second-order valence-corrected chi connectivity index (χ2v) is 7.78. The number of carboxylic acids is 1. The van der Waals surface area contributed by atoms with E-state index in [2.05, 4.69) is 22.4 Å². The highest BCUT2D eigenvalue weighted by molar-refractivity contribution is 7.99. The van der Waals surface area contributed by atoms with Crippen LogP contribution >= 0.6 is 11.8 Å². The van der Waals surface area contributed by atoms with Gasteiger partial charge in [0.2, 0.25) is 0 Å². The number of hydrogen-bond donors (Lipinski definition) is 1. The van der Waals surface area contributed by atoms with Crippen molar-refractivity contribution >= 4 is 17.7 Å². The second kappa shape index (κ2) is 5.94. The summed E-state index contributed by atoms with van der Waals surface area (Å²) >= 11 is 1.87. The quantitative estimate of drug-likeness (QED) is 0.920. The molecule has 1 atom stereocenters. The van der Waals surface area contributed by atoms with E-state index in [1.165, 1.54) is 6.42 Å². The van der Waals surface area contributed by atoms with Gasteiger partial charge in [0.1, 0.15) is 0 Å². The molecular formula is C14H22N4O2S. The van der Waals surface area contributed by atoms with Crippen LogP contribution in [0, 0.1) is 11.3 Å². The predicted molar refractivity (Wildman–Crippen MR) is 80.0 cm³/mol. The van der Waals surface area contributed by atoms with Crippen molar-refractivity contribution in [2.75, 3.05) is 5.75 Å². The molecule has 7 heteroatoms. The molecule has 1 aromatic heterocycles. The summed E-state index contributed by atoms with van der Waals surface area (Å²) in [6.07, 6.45) is 5.66. The Hall–Kier alpha value is -1.11. The lowest BCUT2D eigenvalue weighted by molar-refractivity contribution is -0.153. The lowest BCUT2D eigenvalue weighted by Gasteiger charge is -2.35. The number of carbonyl (C=O) groups is 1. The first kappa shape index (κ1) is 14.8. The van der Waals surface area contributed by atoms with Crippen molar-refractivity contribution in [2.24, 2.45) is 11.3 Å². The molecule has 2 heterocycles. The smallest absolute Gasteiger partial charge is 0.311 e. The Labute approximate surface area is 128 Å². The van der Waals surface area contributed by atoms with Gasteiger partial charge in [-0.25, -0.2) is 4.68 Å². The minimum atomic E-state index is -0.699. The highest BCUT2D eigenvalue weighted by Crippen LogP contribution is 2.42. The van der Waals surface area contributed by atoms with Gasteiger partial charge in [-0.15, -0.1) is 5.10 Å². The van der Waals surface area contributed by atoms with Crippen molar-refractivity contribution < 1.29 is 9.90 Å². The van der Waals surface area contributed by atoms with Gasteiger partial charge in [0.05, 0.1) is 17.2 Å². The van der Waals surface area contributed by atoms with Crippen molar-refractivity contribution in [1.29, 1.82) is 0 Å². The Morgan fingerprint density at radius 2 is 2.19 bits per heavy atom. The normalized spacial score (nSPS) is 33.2. The largest absolute Gasteiger partial charge is 0.481 e. The first-order valence-corrected chi connectivity index (χ1v) is 8.77. The zero-order valence-corrected chi connectivity index (χ0v) is 13.2. The minimum Gasteiger partial charge on any atom is -0.481 e. The molecule has 1 unspecified atom stereocenters. The number of tetrazole rings is 1. The average molecular weight is 310 g/mol. The Balaban J connectivity index is 1.80. The number of thioether (sulfide) groups is 1. The molecule has 0 radical (unpaired) electrons. The van der Waals surface area contributed by atoms with E-state index in [0.717, 1.165) is 43.7 Å². The molecule has 1 aliphatic carbocycles. The molecule has 6 nitrogen and oxygen atoms in total. The Morgan fingerprint density at radius 3 is 2.81 bits per heavy atom. The number of nitrogens with zero attached hydrogens (tertiary/aromatic N) is 4. The molecule has 116 valence electrons. The van der Waals surface area contributed by atoms with E-state index in [1.54, 1.807) is 4.68 Å². The molecule has 3 rings (SSSR count). The van der Waals surface area contributed by atoms with Crippen LogP contribution in [0.1, 0.15) is 56.5 Å². The van der Waals surface area contributed by atoms with Crippen molar-refractivity contribution in [3.63, 3.8) is 0 Å². The third-order valence-electron chi connectivity index (χ3n) is 4.91. The summed E-state index contributed by atoms with van der Waals surface area (Å²) in [5.74, 6) is 1.92. The highest BCUT2D eigenvalue weighted by atomic mass is 32.2. The van der Waals surface area contributed by atoms with Crippen LogP contribution in [0.15, 0.2) is 0 Å². The third-order valence-corrected chi connectivity index (χ3v) is 6.29. The summed E-state index contributed by atoms with van der Waals surface area (Å²) in [6, 6.07) is 0. The zero-order chi connectivity index (χ0) is 14.9. The van der Waals surface area contributed by atoms with Crippen LogP contribution < -0.4 is 0 Å². The van der Waals surface area contributed by atoms with E-state index in [9.17, 15) is 9.90 Å². The summed E-state index contributed by atoms with van der Waals surface area (Å²) in [5, 5.41) is 22.1. The first-order valence-electron chi connectivity index (χ1n) is 7.72. The molecule has 2 aliphatic rings. The number of rotatable bonds is 4. The van der Waals surface area contributed by atoms with Gasteiger partial charge in [0.25, 0.3) is 0 Å². The van der Waals surface area contributed by atoms with Gasteiger partial charge in [-0.1, -0.05) is 6.92 Å². The molecular weight excluding hydrogens is 288 g/mol. The fourth-order valence-corrected chi connectivity index (χ4v) is 4.65. The van der Waals surface area contributed by atoms with Gasteiger partial charge < -0.3 is 5.11 Å².